The minimum atomic E-state index is -4.76. The molecular weight excluding hydrogens is 802 g/mol. The van der Waals surface area contributed by atoms with E-state index in [9.17, 15) is 32.7 Å². The van der Waals surface area contributed by atoms with Crippen LogP contribution in [0.25, 0.3) is 0 Å². The van der Waals surface area contributed by atoms with Crippen LogP contribution in [0, 0.1) is 23.7 Å². The number of fused-ring (bicyclic) bond motifs is 4. The number of pyridine rings is 1. The van der Waals surface area contributed by atoms with Crippen molar-refractivity contribution >= 4 is 64.0 Å². The number of rotatable bonds is 7. The zero-order chi connectivity index (χ0) is 40.7. The second-order valence-corrected chi connectivity index (χ2v) is 15.9. The molecule has 9 rings (SSSR count). The van der Waals surface area contributed by atoms with Crippen molar-refractivity contribution in [2.45, 2.75) is 37.0 Å². The number of ether oxygens (including phenoxy) is 1. The van der Waals surface area contributed by atoms with Gasteiger partial charge >= 0.3 is 6.18 Å². The number of furan rings is 1. The predicted molar refractivity (Wildman–Crippen MR) is 203 cm³/mol. The van der Waals surface area contributed by atoms with Gasteiger partial charge in [-0.1, -0.05) is 47.0 Å². The number of hydrazine groups is 1. The molecule has 4 amide bonds. The molecule has 17 heteroatoms. The summed E-state index contributed by atoms with van der Waals surface area (Å²) in [4.78, 5) is 66.1. The van der Waals surface area contributed by atoms with Crippen LogP contribution in [0.5, 0.6) is 0 Å². The second-order valence-electron chi connectivity index (χ2n) is 15.0. The largest absolute Gasteiger partial charge is 0.463 e. The summed E-state index contributed by atoms with van der Waals surface area (Å²) in [5, 5.41) is 10.6. The number of morpholine rings is 1. The van der Waals surface area contributed by atoms with Crippen molar-refractivity contribution < 1.29 is 46.6 Å². The minimum absolute atomic E-state index is 0.0561. The van der Waals surface area contributed by atoms with Gasteiger partial charge in [-0.3, -0.25) is 29.5 Å². The fraction of sp³-hybridized carbons (Fsp3) is 0.341. The van der Waals surface area contributed by atoms with Crippen molar-refractivity contribution in [1.82, 2.24) is 9.99 Å². The number of alkyl halides is 3. The van der Waals surface area contributed by atoms with Crippen molar-refractivity contribution in [3.63, 3.8) is 0 Å². The number of allylic oxidation sites excluding steroid dienone is 2. The van der Waals surface area contributed by atoms with Crippen LogP contribution in [-0.4, -0.2) is 65.0 Å². The normalized spacial score (nSPS) is 27.1. The lowest BCUT2D eigenvalue weighted by Crippen LogP contribution is -2.53. The third-order valence-corrected chi connectivity index (χ3v) is 12.7. The Labute approximate surface area is 339 Å². The molecule has 2 aromatic heterocycles. The quantitative estimate of drug-likeness (QED) is 0.156. The number of imide groups is 2. The molecule has 2 N–H and O–H groups in total. The molecule has 3 saturated heterocycles. The number of hydrogen-bond acceptors (Lipinski definition) is 10. The first-order valence-electron chi connectivity index (χ1n) is 18.7. The number of nitrogens with one attached hydrogen (secondary N) is 1. The fourth-order valence-electron chi connectivity index (χ4n) is 9.61. The van der Waals surface area contributed by atoms with E-state index in [1.165, 1.54) is 4.90 Å². The Morgan fingerprint density at radius 1 is 0.897 bits per heavy atom. The first-order chi connectivity index (χ1) is 27.8. The van der Waals surface area contributed by atoms with Gasteiger partial charge in [0, 0.05) is 30.0 Å². The number of hydrogen-bond donors (Lipinski definition) is 2. The van der Waals surface area contributed by atoms with Crippen LogP contribution < -0.4 is 15.2 Å². The highest BCUT2D eigenvalue weighted by Gasteiger charge is 2.71. The van der Waals surface area contributed by atoms with Gasteiger partial charge in [0.15, 0.2) is 5.82 Å². The summed E-state index contributed by atoms with van der Waals surface area (Å²) >= 11 is 12.6. The minimum Gasteiger partial charge on any atom is -0.463 e. The summed E-state index contributed by atoms with van der Waals surface area (Å²) in [6, 6.07) is 17.4. The van der Waals surface area contributed by atoms with Crippen LogP contribution in [0.15, 0.2) is 89.0 Å². The molecule has 2 aliphatic carbocycles. The van der Waals surface area contributed by atoms with Gasteiger partial charge in [0.05, 0.1) is 53.2 Å². The lowest BCUT2D eigenvalue weighted by Gasteiger charge is -2.49. The van der Waals surface area contributed by atoms with E-state index in [0.29, 0.717) is 65.4 Å². The summed E-state index contributed by atoms with van der Waals surface area (Å²) in [7, 11) is 0. The van der Waals surface area contributed by atoms with Gasteiger partial charge in [0.1, 0.15) is 23.5 Å². The SMILES string of the molecule is O=C1[C@@H]2C[C@@H]3C(=CC[C@@H]4C(=O)N(c5ccc(N6CCOCC6)cc5)C(=O)[C@@H]43)[C@H](c3ccc(CO)o3)[C@]2(c2ccc(Cl)cc2)C(=O)N1Nc1ncc(C(F)(F)F)cc1Cl. The number of nitrogens with zero attached hydrogens (tertiary/aromatic N) is 4. The maximum atomic E-state index is 15.3. The highest BCUT2D eigenvalue weighted by Crippen LogP contribution is 2.64. The zero-order valence-corrected chi connectivity index (χ0v) is 31.9. The van der Waals surface area contributed by atoms with Crippen molar-refractivity contribution in [3.05, 3.63) is 117 Å². The summed E-state index contributed by atoms with van der Waals surface area (Å²) in [5.41, 5.74) is 2.02. The number of aliphatic hydroxyl groups is 1. The number of carbonyl (C=O) groups is 4. The van der Waals surface area contributed by atoms with Crippen LogP contribution in [0.3, 0.4) is 0 Å². The van der Waals surface area contributed by atoms with Crippen LogP contribution in [-0.2, 0) is 42.1 Å². The molecule has 5 heterocycles. The molecule has 3 aliphatic heterocycles. The third kappa shape index (κ3) is 5.92. The van der Waals surface area contributed by atoms with E-state index < -0.39 is 76.1 Å². The van der Waals surface area contributed by atoms with E-state index in [2.05, 4.69) is 15.3 Å². The highest BCUT2D eigenvalue weighted by atomic mass is 35.5. The molecule has 5 aliphatic rings. The van der Waals surface area contributed by atoms with Crippen LogP contribution in [0.2, 0.25) is 10.0 Å². The highest BCUT2D eigenvalue weighted by molar-refractivity contribution is 6.33. The Bertz CT molecular complexity index is 2370. The van der Waals surface area contributed by atoms with Gasteiger partial charge in [-0.25, -0.2) is 4.98 Å². The van der Waals surface area contributed by atoms with Crippen molar-refractivity contribution in [2.75, 3.05) is 41.5 Å². The standard InChI is InChI=1S/C41H34Cl2F3N5O7/c42-23-3-1-21(2-4-23)40-30(37(54)51(39(40)56)48-35-31(43)17-22(19-47-35)41(44,45)46)18-29-27(34(40)32-12-9-26(20-52)58-32)10-11-28-33(29)38(55)50(36(28)53)25-7-5-24(6-8-25)49-13-15-57-16-14-49/h1-10,12,17,19,28-30,33-34,52H,11,13-16,18,20H2,(H,47,48)/t28-,29+,30-,33-,34+,40+/m0/s1. The van der Waals surface area contributed by atoms with Crippen LogP contribution in [0.1, 0.15) is 41.4 Å². The number of benzene rings is 2. The lowest BCUT2D eigenvalue weighted by molar-refractivity contribution is -0.139. The molecule has 2 aromatic carbocycles. The molecule has 1 saturated carbocycles. The summed E-state index contributed by atoms with van der Waals surface area (Å²) in [6.45, 7) is 2.12. The lowest BCUT2D eigenvalue weighted by atomic mass is 9.50. The van der Waals surface area contributed by atoms with E-state index in [1.807, 2.05) is 18.2 Å². The van der Waals surface area contributed by atoms with Crippen molar-refractivity contribution in [1.29, 1.82) is 0 Å². The molecule has 12 nitrogen and oxygen atoms in total. The number of anilines is 3. The average molecular weight is 837 g/mol. The summed E-state index contributed by atoms with van der Waals surface area (Å²) in [6.07, 6.45) is -2.27. The van der Waals surface area contributed by atoms with Gasteiger partial charge in [0.25, 0.3) is 11.8 Å². The molecule has 0 radical (unpaired) electrons. The number of carbonyl (C=O) groups excluding carboxylic acids is 4. The predicted octanol–water partition coefficient (Wildman–Crippen LogP) is 6.52. The van der Waals surface area contributed by atoms with Gasteiger partial charge in [0.2, 0.25) is 11.8 Å². The number of aliphatic hydroxyl groups excluding tert-OH is 1. The molecule has 0 bridgehead atoms. The van der Waals surface area contributed by atoms with E-state index >= 15 is 4.79 Å². The van der Waals surface area contributed by atoms with Crippen LogP contribution in [0.4, 0.5) is 30.4 Å². The molecule has 300 valence electrons. The average Bonchev–Trinajstić information content (AvgIpc) is 3.86. The molecule has 0 spiro atoms. The van der Waals surface area contributed by atoms with E-state index in [-0.39, 0.29) is 36.1 Å². The first kappa shape index (κ1) is 38.3. The number of aromatic nitrogens is 1. The maximum Gasteiger partial charge on any atom is 0.417 e. The topological polar surface area (TPSA) is 146 Å². The van der Waals surface area contributed by atoms with E-state index in [0.717, 1.165) is 5.69 Å². The van der Waals surface area contributed by atoms with E-state index in [4.69, 9.17) is 32.4 Å². The number of halogens is 5. The summed E-state index contributed by atoms with van der Waals surface area (Å²) < 4.78 is 52.1. The molecule has 6 atom stereocenters. The molecule has 4 aromatic rings. The van der Waals surface area contributed by atoms with Crippen molar-refractivity contribution in [2.24, 2.45) is 23.7 Å². The third-order valence-electron chi connectivity index (χ3n) is 12.2. The molecule has 4 fully saturated rings. The Balaban J connectivity index is 1.14. The van der Waals surface area contributed by atoms with Gasteiger partial charge < -0.3 is 19.2 Å². The van der Waals surface area contributed by atoms with Gasteiger partial charge in [-0.15, -0.1) is 0 Å². The summed E-state index contributed by atoms with van der Waals surface area (Å²) in [5.74, 6) is -6.98. The van der Waals surface area contributed by atoms with Gasteiger partial charge in [-0.05, 0) is 78.9 Å². The van der Waals surface area contributed by atoms with Crippen LogP contribution >= 0.6 is 23.2 Å². The fourth-order valence-corrected chi connectivity index (χ4v) is 9.95. The maximum absolute atomic E-state index is 15.3. The first-order valence-corrected chi connectivity index (χ1v) is 19.4. The van der Waals surface area contributed by atoms with Crippen molar-refractivity contribution in [3.8, 4) is 0 Å². The smallest absolute Gasteiger partial charge is 0.417 e. The number of amides is 4. The molecular formula is C41H34Cl2F3N5O7. The molecule has 58 heavy (non-hydrogen) atoms. The van der Waals surface area contributed by atoms with Gasteiger partial charge in [-0.2, -0.15) is 18.2 Å². The Morgan fingerprint density at radius 3 is 2.26 bits per heavy atom. The monoisotopic (exact) mass is 835 g/mol. The van der Waals surface area contributed by atoms with E-state index in [1.54, 1.807) is 48.5 Å². The zero-order valence-electron chi connectivity index (χ0n) is 30.4. The Morgan fingerprint density at radius 2 is 1.60 bits per heavy atom. The Kier molecular flexibility index (Phi) is 9.41. The molecule has 0 unspecified atom stereocenters. The second kappa shape index (κ2) is 14.3. The Hall–Kier alpha value is -5.22.